The minimum absolute atomic E-state index is 0.107. The molecule has 0 bridgehead atoms. The van der Waals surface area contributed by atoms with E-state index < -0.39 is 5.91 Å². The molecular formula is C19H18ClN5O3. The molecule has 9 heteroatoms. The third-order valence-corrected chi connectivity index (χ3v) is 4.43. The second kappa shape index (κ2) is 8.28. The zero-order chi connectivity index (χ0) is 19.3. The number of halogens is 1. The van der Waals surface area contributed by atoms with Gasteiger partial charge >= 0.3 is 17.8 Å². The molecular weight excluding hydrogens is 382 g/mol. The number of aromatic nitrogens is 2. The Balaban J connectivity index is 1.37. The van der Waals surface area contributed by atoms with Crippen LogP contribution < -0.4 is 15.5 Å². The lowest BCUT2D eigenvalue weighted by Gasteiger charge is -2.28. The Bertz CT molecular complexity index is 954. The average molecular weight is 400 g/mol. The van der Waals surface area contributed by atoms with E-state index in [2.05, 4.69) is 25.7 Å². The summed E-state index contributed by atoms with van der Waals surface area (Å²) in [5.74, 6) is -0.618. The maximum Gasteiger partial charge on any atom is 0.320 e. The van der Waals surface area contributed by atoms with Crippen molar-refractivity contribution in [2.45, 2.75) is 0 Å². The van der Waals surface area contributed by atoms with Crippen molar-refractivity contribution >= 4 is 40.6 Å². The second-order valence-electron chi connectivity index (χ2n) is 6.15. The van der Waals surface area contributed by atoms with Crippen molar-refractivity contribution in [3.63, 3.8) is 0 Å². The van der Waals surface area contributed by atoms with Gasteiger partial charge in [-0.1, -0.05) is 22.8 Å². The number of ether oxygens (including phenoxy) is 1. The highest BCUT2D eigenvalue weighted by atomic mass is 35.5. The van der Waals surface area contributed by atoms with Gasteiger partial charge < -0.3 is 24.7 Å². The van der Waals surface area contributed by atoms with Crippen LogP contribution in [-0.4, -0.2) is 42.4 Å². The van der Waals surface area contributed by atoms with Crippen LogP contribution in [0.3, 0.4) is 0 Å². The number of benzene rings is 2. The number of carbonyl (C=O) groups is 1. The number of rotatable bonds is 5. The highest BCUT2D eigenvalue weighted by Crippen LogP contribution is 2.21. The Morgan fingerprint density at radius 3 is 2.57 bits per heavy atom. The molecule has 1 aliphatic heterocycles. The molecule has 0 unspecified atom stereocenters. The zero-order valence-corrected chi connectivity index (χ0v) is 15.6. The Morgan fingerprint density at radius 2 is 1.82 bits per heavy atom. The zero-order valence-electron chi connectivity index (χ0n) is 14.9. The van der Waals surface area contributed by atoms with Gasteiger partial charge in [0.15, 0.2) is 0 Å². The summed E-state index contributed by atoms with van der Waals surface area (Å²) in [6, 6.07) is 14.7. The number of amides is 1. The molecule has 1 saturated heterocycles. The summed E-state index contributed by atoms with van der Waals surface area (Å²) in [7, 11) is 0. The van der Waals surface area contributed by atoms with Crippen molar-refractivity contribution in [1.29, 1.82) is 0 Å². The smallest absolute Gasteiger partial charge is 0.320 e. The Kier molecular flexibility index (Phi) is 5.41. The molecule has 1 amide bonds. The first-order valence-corrected chi connectivity index (χ1v) is 9.15. The van der Waals surface area contributed by atoms with Crippen LogP contribution >= 0.6 is 11.6 Å². The Morgan fingerprint density at radius 1 is 1.04 bits per heavy atom. The van der Waals surface area contributed by atoms with Crippen LogP contribution in [-0.2, 0) is 4.74 Å². The fourth-order valence-corrected chi connectivity index (χ4v) is 3.01. The molecule has 2 N–H and O–H groups in total. The van der Waals surface area contributed by atoms with Gasteiger partial charge in [-0.2, -0.15) is 0 Å². The molecule has 1 aliphatic rings. The highest BCUT2D eigenvalue weighted by Gasteiger charge is 2.16. The van der Waals surface area contributed by atoms with E-state index in [0.717, 1.165) is 32.0 Å². The fourth-order valence-electron chi connectivity index (χ4n) is 2.82. The molecule has 8 nitrogen and oxygen atoms in total. The van der Waals surface area contributed by atoms with E-state index >= 15 is 0 Å². The van der Waals surface area contributed by atoms with E-state index in [9.17, 15) is 4.79 Å². The first-order valence-electron chi connectivity index (χ1n) is 8.77. The van der Waals surface area contributed by atoms with E-state index in [-0.39, 0.29) is 11.9 Å². The van der Waals surface area contributed by atoms with Crippen LogP contribution in [0.5, 0.6) is 0 Å². The second-order valence-corrected chi connectivity index (χ2v) is 6.58. The number of morpholine rings is 1. The molecule has 0 atom stereocenters. The Hall–Kier alpha value is -3.10. The SMILES string of the molecule is O=C(Nc1ccc(N2CCOCC2)cc1)c1nnc(Nc2cccc(Cl)c2)o1. The molecule has 1 aromatic heterocycles. The van der Waals surface area contributed by atoms with Crippen LogP contribution in [0.25, 0.3) is 0 Å². The minimum atomic E-state index is -0.481. The van der Waals surface area contributed by atoms with Gasteiger partial charge in [-0.15, -0.1) is 5.10 Å². The predicted octanol–water partition coefficient (Wildman–Crippen LogP) is 3.56. The van der Waals surface area contributed by atoms with Crippen LogP contribution in [0.15, 0.2) is 52.9 Å². The maximum absolute atomic E-state index is 12.3. The number of carbonyl (C=O) groups excluding carboxylic acids is 1. The predicted molar refractivity (Wildman–Crippen MR) is 106 cm³/mol. The van der Waals surface area contributed by atoms with Gasteiger partial charge in [-0.05, 0) is 42.5 Å². The summed E-state index contributed by atoms with van der Waals surface area (Å²) in [4.78, 5) is 14.6. The van der Waals surface area contributed by atoms with Crippen molar-refractivity contribution in [3.05, 3.63) is 59.4 Å². The van der Waals surface area contributed by atoms with Gasteiger partial charge in [-0.3, -0.25) is 4.79 Å². The van der Waals surface area contributed by atoms with Gasteiger partial charge in [0.25, 0.3) is 0 Å². The van der Waals surface area contributed by atoms with Crippen LogP contribution in [0.2, 0.25) is 5.02 Å². The number of anilines is 4. The third kappa shape index (κ3) is 4.41. The number of nitrogens with one attached hydrogen (secondary N) is 2. The fraction of sp³-hybridized carbons (Fsp3) is 0.211. The molecule has 1 fully saturated rings. The molecule has 0 aliphatic carbocycles. The normalized spacial score (nSPS) is 14.0. The molecule has 2 heterocycles. The molecule has 2 aromatic carbocycles. The van der Waals surface area contributed by atoms with Gasteiger partial charge in [0.2, 0.25) is 0 Å². The van der Waals surface area contributed by atoms with Crippen molar-refractivity contribution in [1.82, 2.24) is 10.2 Å². The van der Waals surface area contributed by atoms with Gasteiger partial charge in [0.1, 0.15) is 0 Å². The van der Waals surface area contributed by atoms with E-state index in [4.69, 9.17) is 20.8 Å². The average Bonchev–Trinajstić information content (AvgIpc) is 3.18. The van der Waals surface area contributed by atoms with E-state index in [1.807, 2.05) is 24.3 Å². The topological polar surface area (TPSA) is 92.5 Å². The van der Waals surface area contributed by atoms with Crippen LogP contribution in [0.1, 0.15) is 10.7 Å². The highest BCUT2D eigenvalue weighted by molar-refractivity contribution is 6.30. The van der Waals surface area contributed by atoms with Gasteiger partial charge in [0.05, 0.1) is 13.2 Å². The van der Waals surface area contributed by atoms with Crippen molar-refractivity contribution in [2.75, 3.05) is 41.8 Å². The molecule has 0 saturated carbocycles. The van der Waals surface area contributed by atoms with E-state index in [1.165, 1.54) is 0 Å². The molecule has 0 radical (unpaired) electrons. The quantitative estimate of drug-likeness (QED) is 0.677. The van der Waals surface area contributed by atoms with E-state index in [0.29, 0.717) is 16.4 Å². The van der Waals surface area contributed by atoms with Crippen LogP contribution in [0, 0.1) is 0 Å². The third-order valence-electron chi connectivity index (χ3n) is 4.20. The molecule has 3 aromatic rings. The number of hydrogen-bond acceptors (Lipinski definition) is 7. The summed E-state index contributed by atoms with van der Waals surface area (Å²) >= 11 is 5.94. The molecule has 144 valence electrons. The number of nitrogens with zero attached hydrogens (tertiary/aromatic N) is 3. The summed E-state index contributed by atoms with van der Waals surface area (Å²) in [5, 5.41) is 13.8. The van der Waals surface area contributed by atoms with Crippen LogP contribution in [0.4, 0.5) is 23.1 Å². The summed E-state index contributed by atoms with van der Waals surface area (Å²) < 4.78 is 10.7. The lowest BCUT2D eigenvalue weighted by atomic mass is 10.2. The summed E-state index contributed by atoms with van der Waals surface area (Å²) in [5.41, 5.74) is 2.42. The molecule has 0 spiro atoms. The van der Waals surface area contributed by atoms with Crippen molar-refractivity contribution in [2.24, 2.45) is 0 Å². The molecule has 28 heavy (non-hydrogen) atoms. The lowest BCUT2D eigenvalue weighted by Crippen LogP contribution is -2.36. The van der Waals surface area contributed by atoms with Crippen molar-refractivity contribution in [3.8, 4) is 0 Å². The van der Waals surface area contributed by atoms with E-state index in [1.54, 1.807) is 24.3 Å². The van der Waals surface area contributed by atoms with Crippen molar-refractivity contribution < 1.29 is 13.9 Å². The first kappa shape index (κ1) is 18.3. The first-order chi connectivity index (χ1) is 13.7. The summed E-state index contributed by atoms with van der Waals surface area (Å²) in [6.07, 6.45) is 0. The number of hydrogen-bond donors (Lipinski definition) is 2. The monoisotopic (exact) mass is 399 g/mol. The summed E-state index contributed by atoms with van der Waals surface area (Å²) in [6.45, 7) is 3.16. The molecule has 4 rings (SSSR count). The standard InChI is InChI=1S/C19H18ClN5O3/c20-13-2-1-3-15(12-13)22-19-24-23-18(28-19)17(26)21-14-4-6-16(7-5-14)25-8-10-27-11-9-25/h1-7,12H,8-11H2,(H,21,26)(H,22,24). The lowest BCUT2D eigenvalue weighted by molar-refractivity contribution is 0.0991. The maximum atomic E-state index is 12.3. The largest absolute Gasteiger partial charge is 0.399 e. The minimum Gasteiger partial charge on any atom is -0.399 e. The van der Waals surface area contributed by atoms with Gasteiger partial charge in [-0.25, -0.2) is 0 Å². The Labute approximate surface area is 166 Å². The van der Waals surface area contributed by atoms with Gasteiger partial charge in [0, 0.05) is 35.2 Å².